The smallest absolute Gasteiger partial charge is 0.258 e. The molecule has 0 saturated carbocycles. The number of morpholine rings is 1. The van der Waals surface area contributed by atoms with E-state index in [1.165, 1.54) is 0 Å². The van der Waals surface area contributed by atoms with Gasteiger partial charge in [0.25, 0.3) is 5.91 Å². The maximum atomic E-state index is 12.7. The Morgan fingerprint density at radius 1 is 1.58 bits per heavy atom. The molecule has 1 aliphatic rings. The zero-order valence-electron chi connectivity index (χ0n) is 11.6. The van der Waals surface area contributed by atoms with Crippen LogP contribution in [0.15, 0.2) is 18.3 Å². The van der Waals surface area contributed by atoms with Crippen LogP contribution in [0.3, 0.4) is 0 Å². The van der Waals surface area contributed by atoms with Gasteiger partial charge in [-0.2, -0.15) is 0 Å². The number of ether oxygens (including phenoxy) is 1. The van der Waals surface area contributed by atoms with Crippen molar-refractivity contribution in [2.75, 3.05) is 31.6 Å². The van der Waals surface area contributed by atoms with Crippen molar-refractivity contribution >= 4 is 11.7 Å². The summed E-state index contributed by atoms with van der Waals surface area (Å²) in [7, 11) is 0. The first-order valence-electron chi connectivity index (χ1n) is 6.85. The summed E-state index contributed by atoms with van der Waals surface area (Å²) in [5, 5.41) is 3.14. The van der Waals surface area contributed by atoms with E-state index in [2.05, 4.69) is 17.2 Å². The highest BCUT2D eigenvalue weighted by molar-refractivity contribution is 5.99. The zero-order valence-corrected chi connectivity index (χ0v) is 11.6. The van der Waals surface area contributed by atoms with Crippen molar-refractivity contribution in [1.82, 2.24) is 9.88 Å². The Bertz CT molecular complexity index is 436. The number of amides is 1. The average Bonchev–Trinajstić information content (AvgIpc) is 2.47. The van der Waals surface area contributed by atoms with Crippen molar-refractivity contribution in [3.05, 3.63) is 23.9 Å². The van der Waals surface area contributed by atoms with E-state index in [1.807, 2.05) is 17.9 Å². The Kier molecular flexibility index (Phi) is 4.74. The van der Waals surface area contributed by atoms with Gasteiger partial charge >= 0.3 is 0 Å². The van der Waals surface area contributed by atoms with Crippen LogP contribution in [0.4, 0.5) is 5.82 Å². The number of carbonyl (C=O) groups excluding carboxylic acids is 1. The average molecular weight is 263 g/mol. The molecule has 104 valence electrons. The van der Waals surface area contributed by atoms with E-state index >= 15 is 0 Å². The van der Waals surface area contributed by atoms with Crippen LogP contribution in [0.25, 0.3) is 0 Å². The summed E-state index contributed by atoms with van der Waals surface area (Å²) in [6, 6.07) is 3.79. The SMILES string of the molecule is CCNc1ncccc1C(=O)N1CCOCC1CC. The number of pyridine rings is 1. The lowest BCUT2D eigenvalue weighted by Crippen LogP contribution is -2.48. The highest BCUT2D eigenvalue weighted by atomic mass is 16.5. The van der Waals surface area contributed by atoms with Gasteiger partial charge in [0.1, 0.15) is 5.82 Å². The molecular weight excluding hydrogens is 242 g/mol. The fraction of sp³-hybridized carbons (Fsp3) is 0.571. The third-order valence-electron chi connectivity index (χ3n) is 3.34. The van der Waals surface area contributed by atoms with Crippen LogP contribution in [0.5, 0.6) is 0 Å². The Morgan fingerprint density at radius 2 is 2.42 bits per heavy atom. The molecule has 0 aromatic carbocycles. The second kappa shape index (κ2) is 6.52. The number of aromatic nitrogens is 1. The van der Waals surface area contributed by atoms with E-state index in [-0.39, 0.29) is 11.9 Å². The van der Waals surface area contributed by atoms with Gasteiger partial charge in [-0.25, -0.2) is 4.98 Å². The first-order chi connectivity index (χ1) is 9.27. The Hall–Kier alpha value is -1.62. The maximum Gasteiger partial charge on any atom is 0.258 e. The minimum Gasteiger partial charge on any atom is -0.377 e. The molecule has 19 heavy (non-hydrogen) atoms. The van der Waals surface area contributed by atoms with Crippen molar-refractivity contribution in [2.24, 2.45) is 0 Å². The van der Waals surface area contributed by atoms with Gasteiger partial charge in [0.15, 0.2) is 0 Å². The molecular formula is C14H21N3O2. The number of nitrogens with zero attached hydrogens (tertiary/aromatic N) is 2. The molecule has 0 aliphatic carbocycles. The standard InChI is InChI=1S/C14H21N3O2/c1-3-11-10-19-9-8-17(11)14(18)12-6-5-7-16-13(12)15-4-2/h5-7,11H,3-4,8-10H2,1-2H3,(H,15,16). The van der Waals surface area contributed by atoms with Crippen LogP contribution < -0.4 is 5.32 Å². The summed E-state index contributed by atoms with van der Waals surface area (Å²) in [6.45, 7) is 6.70. The quantitative estimate of drug-likeness (QED) is 0.899. The summed E-state index contributed by atoms with van der Waals surface area (Å²) in [5.74, 6) is 0.704. The highest BCUT2D eigenvalue weighted by Gasteiger charge is 2.28. The molecule has 1 aromatic rings. The largest absolute Gasteiger partial charge is 0.377 e. The fourth-order valence-corrected chi connectivity index (χ4v) is 2.30. The van der Waals surface area contributed by atoms with Crippen LogP contribution >= 0.6 is 0 Å². The molecule has 1 aromatic heterocycles. The van der Waals surface area contributed by atoms with E-state index in [0.29, 0.717) is 31.1 Å². The van der Waals surface area contributed by atoms with Crippen molar-refractivity contribution < 1.29 is 9.53 Å². The van der Waals surface area contributed by atoms with E-state index in [4.69, 9.17) is 4.74 Å². The predicted octanol–water partition coefficient (Wildman–Crippen LogP) is 1.76. The Morgan fingerprint density at radius 3 is 3.16 bits per heavy atom. The normalized spacial score (nSPS) is 19.3. The first kappa shape index (κ1) is 13.8. The zero-order chi connectivity index (χ0) is 13.7. The van der Waals surface area contributed by atoms with Crippen molar-refractivity contribution in [2.45, 2.75) is 26.3 Å². The van der Waals surface area contributed by atoms with E-state index < -0.39 is 0 Å². The van der Waals surface area contributed by atoms with Gasteiger partial charge in [-0.05, 0) is 25.5 Å². The minimum atomic E-state index is 0.0409. The second-order valence-corrected chi connectivity index (χ2v) is 4.57. The highest BCUT2D eigenvalue weighted by Crippen LogP contribution is 2.19. The van der Waals surface area contributed by atoms with Crippen LogP contribution in [0.2, 0.25) is 0 Å². The molecule has 1 aliphatic heterocycles. The summed E-state index contributed by atoms with van der Waals surface area (Å²) in [4.78, 5) is 18.8. The topological polar surface area (TPSA) is 54.5 Å². The lowest BCUT2D eigenvalue weighted by molar-refractivity contribution is -0.00276. The molecule has 5 heteroatoms. The fourth-order valence-electron chi connectivity index (χ4n) is 2.30. The molecule has 1 atom stereocenters. The number of nitrogens with one attached hydrogen (secondary N) is 1. The molecule has 2 heterocycles. The van der Waals surface area contributed by atoms with Crippen LogP contribution in [0, 0.1) is 0 Å². The third-order valence-corrected chi connectivity index (χ3v) is 3.34. The molecule has 0 radical (unpaired) electrons. The van der Waals surface area contributed by atoms with E-state index in [1.54, 1.807) is 12.3 Å². The van der Waals surface area contributed by atoms with Gasteiger partial charge in [0.05, 0.1) is 24.8 Å². The van der Waals surface area contributed by atoms with Crippen LogP contribution in [-0.2, 0) is 4.74 Å². The lowest BCUT2D eigenvalue weighted by Gasteiger charge is -2.35. The molecule has 1 amide bonds. The summed E-state index contributed by atoms with van der Waals surface area (Å²) < 4.78 is 5.44. The molecule has 1 fully saturated rings. The predicted molar refractivity (Wildman–Crippen MR) is 74.3 cm³/mol. The van der Waals surface area contributed by atoms with Gasteiger partial charge < -0.3 is 15.0 Å². The monoisotopic (exact) mass is 263 g/mol. The third kappa shape index (κ3) is 3.04. The summed E-state index contributed by atoms with van der Waals surface area (Å²) in [5.41, 5.74) is 0.643. The summed E-state index contributed by atoms with van der Waals surface area (Å²) >= 11 is 0. The Balaban J connectivity index is 2.22. The summed E-state index contributed by atoms with van der Waals surface area (Å²) in [6.07, 6.45) is 2.61. The number of rotatable bonds is 4. The Labute approximate surface area is 114 Å². The van der Waals surface area contributed by atoms with Gasteiger partial charge in [0.2, 0.25) is 0 Å². The van der Waals surface area contributed by atoms with Gasteiger partial charge in [-0.15, -0.1) is 0 Å². The lowest BCUT2D eigenvalue weighted by atomic mass is 10.1. The van der Waals surface area contributed by atoms with E-state index in [9.17, 15) is 4.79 Å². The number of anilines is 1. The molecule has 0 spiro atoms. The number of hydrogen-bond acceptors (Lipinski definition) is 4. The maximum absolute atomic E-state index is 12.7. The number of carbonyl (C=O) groups is 1. The molecule has 1 N–H and O–H groups in total. The minimum absolute atomic E-state index is 0.0409. The second-order valence-electron chi connectivity index (χ2n) is 4.57. The molecule has 2 rings (SSSR count). The van der Waals surface area contributed by atoms with Crippen molar-refractivity contribution in [3.8, 4) is 0 Å². The number of hydrogen-bond donors (Lipinski definition) is 1. The molecule has 5 nitrogen and oxygen atoms in total. The van der Waals surface area contributed by atoms with Crippen LogP contribution in [0.1, 0.15) is 30.6 Å². The molecule has 1 unspecified atom stereocenters. The van der Waals surface area contributed by atoms with Gasteiger partial charge in [0, 0.05) is 19.3 Å². The van der Waals surface area contributed by atoms with Crippen molar-refractivity contribution in [1.29, 1.82) is 0 Å². The van der Waals surface area contributed by atoms with Crippen LogP contribution in [-0.4, -0.2) is 48.1 Å². The molecule has 0 bridgehead atoms. The molecule has 1 saturated heterocycles. The van der Waals surface area contributed by atoms with E-state index in [0.717, 1.165) is 13.0 Å². The van der Waals surface area contributed by atoms with Gasteiger partial charge in [-0.3, -0.25) is 4.79 Å². The van der Waals surface area contributed by atoms with Gasteiger partial charge in [-0.1, -0.05) is 6.92 Å². The van der Waals surface area contributed by atoms with Crippen molar-refractivity contribution in [3.63, 3.8) is 0 Å². The first-order valence-corrected chi connectivity index (χ1v) is 6.85.